The van der Waals surface area contributed by atoms with Crippen LogP contribution in [0.1, 0.15) is 27.2 Å². The standard InChI is InChI=1S/C9H20N2O/c1-8(2,3)12-9(6-10)4-5-11-7-9/h11H,4-7,10H2,1-3H3. The molecule has 1 rings (SSSR count). The third kappa shape index (κ3) is 2.44. The maximum Gasteiger partial charge on any atom is 0.0946 e. The van der Waals surface area contributed by atoms with Crippen LogP contribution in [0.3, 0.4) is 0 Å². The second kappa shape index (κ2) is 3.32. The van der Waals surface area contributed by atoms with Crippen LogP contribution in [0.15, 0.2) is 0 Å². The van der Waals surface area contributed by atoms with E-state index in [0.29, 0.717) is 6.54 Å². The van der Waals surface area contributed by atoms with E-state index in [0.717, 1.165) is 19.5 Å². The highest BCUT2D eigenvalue weighted by Crippen LogP contribution is 2.24. The summed E-state index contributed by atoms with van der Waals surface area (Å²) in [4.78, 5) is 0. The Kier molecular flexibility index (Phi) is 2.76. The molecule has 0 saturated carbocycles. The topological polar surface area (TPSA) is 47.3 Å². The Bertz CT molecular complexity index is 145. The lowest BCUT2D eigenvalue weighted by molar-refractivity contribution is -0.116. The summed E-state index contributed by atoms with van der Waals surface area (Å²) in [6.45, 7) is 8.74. The number of nitrogens with one attached hydrogen (secondary N) is 1. The zero-order chi connectivity index (χ0) is 9.24. The first-order chi connectivity index (χ1) is 5.47. The molecule has 0 aliphatic carbocycles. The molecule has 0 spiro atoms. The fraction of sp³-hybridized carbons (Fsp3) is 1.00. The lowest BCUT2D eigenvalue weighted by atomic mass is 10.0. The molecule has 0 aromatic carbocycles. The van der Waals surface area contributed by atoms with Gasteiger partial charge in [0.05, 0.1) is 11.2 Å². The molecule has 3 nitrogen and oxygen atoms in total. The van der Waals surface area contributed by atoms with Gasteiger partial charge in [-0.25, -0.2) is 0 Å². The van der Waals surface area contributed by atoms with Crippen LogP contribution in [0, 0.1) is 0 Å². The van der Waals surface area contributed by atoms with Gasteiger partial charge in [0.15, 0.2) is 0 Å². The Morgan fingerprint density at radius 2 is 2.17 bits per heavy atom. The number of rotatable bonds is 2. The molecule has 12 heavy (non-hydrogen) atoms. The van der Waals surface area contributed by atoms with Gasteiger partial charge in [0.25, 0.3) is 0 Å². The summed E-state index contributed by atoms with van der Waals surface area (Å²) < 4.78 is 5.95. The van der Waals surface area contributed by atoms with Crippen molar-refractivity contribution in [3.63, 3.8) is 0 Å². The second-order valence-electron chi connectivity index (χ2n) is 4.53. The summed E-state index contributed by atoms with van der Waals surface area (Å²) in [6, 6.07) is 0. The van der Waals surface area contributed by atoms with Gasteiger partial charge in [0.1, 0.15) is 0 Å². The molecule has 0 aromatic heterocycles. The highest BCUT2D eigenvalue weighted by atomic mass is 16.5. The van der Waals surface area contributed by atoms with Crippen molar-refractivity contribution in [3.05, 3.63) is 0 Å². The predicted molar refractivity (Wildman–Crippen MR) is 50.1 cm³/mol. The van der Waals surface area contributed by atoms with Gasteiger partial charge < -0.3 is 15.8 Å². The molecule has 0 amide bonds. The molecule has 1 aliphatic heterocycles. The predicted octanol–water partition coefficient (Wildman–Crippen LogP) is 0.492. The van der Waals surface area contributed by atoms with Gasteiger partial charge >= 0.3 is 0 Å². The van der Waals surface area contributed by atoms with Crippen molar-refractivity contribution in [1.82, 2.24) is 5.32 Å². The summed E-state index contributed by atoms with van der Waals surface area (Å²) in [7, 11) is 0. The molecule has 1 heterocycles. The highest BCUT2D eigenvalue weighted by Gasteiger charge is 2.36. The quantitative estimate of drug-likeness (QED) is 0.637. The lowest BCUT2D eigenvalue weighted by Crippen LogP contribution is -2.47. The van der Waals surface area contributed by atoms with E-state index in [-0.39, 0.29) is 11.2 Å². The first-order valence-electron chi connectivity index (χ1n) is 4.58. The second-order valence-corrected chi connectivity index (χ2v) is 4.53. The first-order valence-corrected chi connectivity index (χ1v) is 4.58. The van der Waals surface area contributed by atoms with E-state index in [1.165, 1.54) is 0 Å². The fourth-order valence-electron chi connectivity index (χ4n) is 1.67. The van der Waals surface area contributed by atoms with Crippen molar-refractivity contribution >= 4 is 0 Å². The van der Waals surface area contributed by atoms with E-state index in [1.54, 1.807) is 0 Å². The minimum atomic E-state index is -0.113. The molecular formula is C9H20N2O. The zero-order valence-electron chi connectivity index (χ0n) is 8.31. The van der Waals surface area contributed by atoms with Crippen molar-refractivity contribution in [3.8, 4) is 0 Å². The Morgan fingerprint density at radius 3 is 2.50 bits per heavy atom. The van der Waals surface area contributed by atoms with E-state index in [2.05, 4.69) is 26.1 Å². The summed E-state index contributed by atoms with van der Waals surface area (Å²) in [6.07, 6.45) is 1.03. The summed E-state index contributed by atoms with van der Waals surface area (Å²) in [5, 5.41) is 3.28. The Labute approximate surface area is 74.7 Å². The average molecular weight is 172 g/mol. The van der Waals surface area contributed by atoms with Crippen LogP contribution in [0.5, 0.6) is 0 Å². The molecular weight excluding hydrogens is 152 g/mol. The molecule has 0 bridgehead atoms. The summed E-state index contributed by atoms with van der Waals surface area (Å²) in [5.74, 6) is 0. The third-order valence-electron chi connectivity index (χ3n) is 2.10. The molecule has 1 saturated heterocycles. The number of hydrogen-bond acceptors (Lipinski definition) is 3. The normalized spacial score (nSPS) is 31.0. The fourth-order valence-corrected chi connectivity index (χ4v) is 1.67. The SMILES string of the molecule is CC(C)(C)OC1(CN)CCNC1. The van der Waals surface area contributed by atoms with Gasteiger partial charge in [-0.3, -0.25) is 0 Å². The maximum absolute atomic E-state index is 5.95. The molecule has 3 N–H and O–H groups in total. The molecule has 0 aromatic rings. The van der Waals surface area contributed by atoms with E-state index < -0.39 is 0 Å². The Morgan fingerprint density at radius 1 is 1.50 bits per heavy atom. The number of nitrogens with two attached hydrogens (primary N) is 1. The molecule has 1 atom stereocenters. The zero-order valence-corrected chi connectivity index (χ0v) is 8.31. The molecule has 72 valence electrons. The largest absolute Gasteiger partial charge is 0.367 e. The monoisotopic (exact) mass is 172 g/mol. The number of ether oxygens (including phenoxy) is 1. The lowest BCUT2D eigenvalue weighted by Gasteiger charge is -2.35. The minimum absolute atomic E-state index is 0.0919. The number of hydrogen-bond donors (Lipinski definition) is 2. The van der Waals surface area contributed by atoms with Gasteiger partial charge in [-0.15, -0.1) is 0 Å². The average Bonchev–Trinajstić information content (AvgIpc) is 2.34. The van der Waals surface area contributed by atoms with E-state index >= 15 is 0 Å². The molecule has 0 radical (unpaired) electrons. The maximum atomic E-state index is 5.95. The molecule has 1 unspecified atom stereocenters. The van der Waals surface area contributed by atoms with Gasteiger partial charge in [-0.05, 0) is 33.7 Å². The van der Waals surface area contributed by atoms with E-state index in [1.807, 2.05) is 0 Å². The van der Waals surface area contributed by atoms with Crippen LogP contribution in [-0.2, 0) is 4.74 Å². The van der Waals surface area contributed by atoms with Gasteiger partial charge in [-0.1, -0.05) is 0 Å². The van der Waals surface area contributed by atoms with Crippen molar-refractivity contribution < 1.29 is 4.74 Å². The van der Waals surface area contributed by atoms with Crippen LogP contribution in [0.2, 0.25) is 0 Å². The smallest absolute Gasteiger partial charge is 0.0946 e. The van der Waals surface area contributed by atoms with Crippen LogP contribution >= 0.6 is 0 Å². The van der Waals surface area contributed by atoms with Crippen LogP contribution in [0.25, 0.3) is 0 Å². The summed E-state index contributed by atoms with van der Waals surface area (Å²) >= 11 is 0. The molecule has 1 aliphatic rings. The summed E-state index contributed by atoms with van der Waals surface area (Å²) in [5.41, 5.74) is 5.51. The van der Waals surface area contributed by atoms with Crippen molar-refractivity contribution in [1.29, 1.82) is 0 Å². The van der Waals surface area contributed by atoms with Gasteiger partial charge in [0.2, 0.25) is 0 Å². The van der Waals surface area contributed by atoms with Crippen molar-refractivity contribution in [2.75, 3.05) is 19.6 Å². The van der Waals surface area contributed by atoms with Crippen LogP contribution < -0.4 is 11.1 Å². The molecule has 3 heteroatoms. The van der Waals surface area contributed by atoms with E-state index in [4.69, 9.17) is 10.5 Å². The van der Waals surface area contributed by atoms with Crippen molar-refractivity contribution in [2.24, 2.45) is 5.73 Å². The van der Waals surface area contributed by atoms with Crippen LogP contribution in [-0.4, -0.2) is 30.8 Å². The minimum Gasteiger partial charge on any atom is -0.367 e. The van der Waals surface area contributed by atoms with Crippen molar-refractivity contribution in [2.45, 2.75) is 38.4 Å². The van der Waals surface area contributed by atoms with Gasteiger partial charge in [0, 0.05) is 13.1 Å². The molecule has 1 fully saturated rings. The third-order valence-corrected chi connectivity index (χ3v) is 2.10. The first kappa shape index (κ1) is 9.96. The Balaban J connectivity index is 2.55. The van der Waals surface area contributed by atoms with Gasteiger partial charge in [-0.2, -0.15) is 0 Å². The van der Waals surface area contributed by atoms with E-state index in [9.17, 15) is 0 Å². The van der Waals surface area contributed by atoms with Crippen LogP contribution in [0.4, 0.5) is 0 Å². The Hall–Kier alpha value is -0.120. The highest BCUT2D eigenvalue weighted by molar-refractivity contribution is 4.92.